The molecule has 124 valence electrons. The van der Waals surface area contributed by atoms with Gasteiger partial charge in [-0.25, -0.2) is 0 Å². The predicted molar refractivity (Wildman–Crippen MR) is 94.9 cm³/mol. The molecule has 0 spiro atoms. The van der Waals surface area contributed by atoms with Gasteiger partial charge in [0.05, 0.1) is 5.02 Å². The molecule has 2 aliphatic heterocycles. The van der Waals surface area contributed by atoms with Gasteiger partial charge in [-0.15, -0.1) is 11.3 Å². The summed E-state index contributed by atoms with van der Waals surface area (Å²) in [5.41, 5.74) is 2.08. The fourth-order valence-corrected chi connectivity index (χ4v) is 4.10. The lowest BCUT2D eigenvalue weighted by atomic mass is 10.1. The molecule has 0 unspecified atom stereocenters. The van der Waals surface area contributed by atoms with Gasteiger partial charge in [0.2, 0.25) is 5.91 Å². The van der Waals surface area contributed by atoms with Gasteiger partial charge in [0, 0.05) is 24.0 Å². The van der Waals surface area contributed by atoms with Gasteiger partial charge in [-0.2, -0.15) is 0 Å². The molecule has 1 aromatic heterocycles. The summed E-state index contributed by atoms with van der Waals surface area (Å²) in [4.78, 5) is 15.7. The second kappa shape index (κ2) is 6.49. The van der Waals surface area contributed by atoms with Crippen LogP contribution in [0, 0.1) is 0 Å². The Balaban J connectivity index is 1.49. The number of amides is 1. The van der Waals surface area contributed by atoms with Crippen LogP contribution in [0.5, 0.6) is 11.5 Å². The molecule has 3 heterocycles. The highest BCUT2D eigenvalue weighted by atomic mass is 35.5. The van der Waals surface area contributed by atoms with Crippen molar-refractivity contribution in [2.45, 2.75) is 13.0 Å². The van der Waals surface area contributed by atoms with E-state index in [-0.39, 0.29) is 5.91 Å². The third kappa shape index (κ3) is 3.01. The molecule has 0 saturated heterocycles. The van der Waals surface area contributed by atoms with E-state index in [2.05, 4.69) is 11.4 Å². The highest BCUT2D eigenvalue weighted by molar-refractivity contribution is 7.10. The minimum absolute atomic E-state index is 0.0119. The van der Waals surface area contributed by atoms with Crippen molar-refractivity contribution in [3.63, 3.8) is 0 Å². The Morgan fingerprint density at radius 3 is 3.08 bits per heavy atom. The first-order valence-electron chi connectivity index (χ1n) is 7.82. The summed E-state index contributed by atoms with van der Waals surface area (Å²) in [5, 5.41) is 2.59. The van der Waals surface area contributed by atoms with Gasteiger partial charge in [0.25, 0.3) is 0 Å². The van der Waals surface area contributed by atoms with Crippen molar-refractivity contribution in [3.8, 4) is 11.5 Å². The van der Waals surface area contributed by atoms with E-state index in [4.69, 9.17) is 21.1 Å². The van der Waals surface area contributed by atoms with Gasteiger partial charge in [-0.1, -0.05) is 11.6 Å². The summed E-state index contributed by atoms with van der Waals surface area (Å²) < 4.78 is 11.1. The Hall–Kier alpha value is -1.98. The van der Waals surface area contributed by atoms with Crippen LogP contribution in [0.4, 0.5) is 0 Å². The molecular formula is C18H16ClNO3S. The molecular weight excluding hydrogens is 346 g/mol. The monoisotopic (exact) mass is 361 g/mol. The van der Waals surface area contributed by atoms with Crippen molar-refractivity contribution < 1.29 is 14.3 Å². The van der Waals surface area contributed by atoms with Gasteiger partial charge in [0.1, 0.15) is 13.2 Å². The molecule has 0 N–H and O–H groups in total. The number of nitrogens with zero attached hydrogens (tertiary/aromatic N) is 1. The molecule has 1 aromatic carbocycles. The van der Waals surface area contributed by atoms with E-state index in [1.165, 1.54) is 10.4 Å². The molecule has 4 nitrogen and oxygen atoms in total. The van der Waals surface area contributed by atoms with Crippen molar-refractivity contribution >= 4 is 34.9 Å². The number of carbonyl (C=O) groups is 1. The Labute approximate surface area is 149 Å². The summed E-state index contributed by atoms with van der Waals surface area (Å²) in [7, 11) is 0. The Bertz CT molecular complexity index is 815. The van der Waals surface area contributed by atoms with Crippen molar-refractivity contribution in [3.05, 3.63) is 50.7 Å². The van der Waals surface area contributed by atoms with Crippen LogP contribution in [0.1, 0.15) is 16.0 Å². The minimum atomic E-state index is 0.0119. The fraction of sp³-hybridized carbons (Fsp3) is 0.278. The van der Waals surface area contributed by atoms with Crippen molar-refractivity contribution in [1.29, 1.82) is 0 Å². The summed E-state index contributed by atoms with van der Waals surface area (Å²) in [6.07, 6.45) is 4.30. The highest BCUT2D eigenvalue weighted by Crippen LogP contribution is 2.38. The molecule has 2 aromatic rings. The number of fused-ring (bicyclic) bond motifs is 2. The van der Waals surface area contributed by atoms with E-state index in [9.17, 15) is 4.79 Å². The van der Waals surface area contributed by atoms with Crippen LogP contribution in [0.25, 0.3) is 6.08 Å². The molecule has 0 radical (unpaired) electrons. The number of hydrogen-bond acceptors (Lipinski definition) is 4. The van der Waals surface area contributed by atoms with E-state index >= 15 is 0 Å². The van der Waals surface area contributed by atoms with Crippen LogP contribution in [-0.4, -0.2) is 30.6 Å². The first-order valence-corrected chi connectivity index (χ1v) is 9.08. The number of carbonyl (C=O) groups excluding carboxylic acids is 1. The summed E-state index contributed by atoms with van der Waals surface area (Å²) in [6.45, 7) is 2.45. The minimum Gasteiger partial charge on any atom is -0.486 e. The molecule has 0 saturated carbocycles. The summed E-state index contributed by atoms with van der Waals surface area (Å²) >= 11 is 7.99. The molecule has 0 bridgehead atoms. The van der Waals surface area contributed by atoms with E-state index < -0.39 is 0 Å². The average molecular weight is 362 g/mol. The van der Waals surface area contributed by atoms with E-state index in [1.54, 1.807) is 29.6 Å². The van der Waals surface area contributed by atoms with Gasteiger partial charge in [-0.05, 0) is 47.2 Å². The van der Waals surface area contributed by atoms with Gasteiger partial charge >= 0.3 is 0 Å². The molecule has 0 fully saturated rings. The number of benzene rings is 1. The van der Waals surface area contributed by atoms with Crippen LogP contribution in [0.3, 0.4) is 0 Å². The largest absolute Gasteiger partial charge is 0.486 e. The quantitative estimate of drug-likeness (QED) is 0.764. The zero-order valence-electron chi connectivity index (χ0n) is 13.0. The van der Waals surface area contributed by atoms with E-state index in [0.717, 1.165) is 18.5 Å². The van der Waals surface area contributed by atoms with Crippen LogP contribution >= 0.6 is 22.9 Å². The normalized spacial score (nSPS) is 16.3. The number of halogens is 1. The molecule has 4 rings (SSSR count). The standard InChI is InChI=1S/C18H16ClNO3S/c19-14-9-12(10-15-18(14)23-7-6-22-15)1-2-17(21)20-5-3-16-13(11-20)4-8-24-16/h1-2,4,8-10H,3,5-7,11H2/b2-1+. The van der Waals surface area contributed by atoms with Crippen molar-refractivity contribution in [2.75, 3.05) is 19.8 Å². The van der Waals surface area contributed by atoms with E-state index in [1.807, 2.05) is 11.0 Å². The second-order valence-electron chi connectivity index (χ2n) is 5.74. The number of thiophene rings is 1. The molecule has 2 aliphatic rings. The first-order chi connectivity index (χ1) is 11.7. The second-order valence-corrected chi connectivity index (χ2v) is 7.15. The maximum Gasteiger partial charge on any atom is 0.246 e. The Morgan fingerprint density at radius 1 is 1.29 bits per heavy atom. The lowest BCUT2D eigenvalue weighted by molar-refractivity contribution is -0.126. The zero-order valence-corrected chi connectivity index (χ0v) is 14.5. The smallest absolute Gasteiger partial charge is 0.246 e. The summed E-state index contributed by atoms with van der Waals surface area (Å²) in [5.74, 6) is 1.21. The Morgan fingerprint density at radius 2 is 2.17 bits per heavy atom. The first kappa shape index (κ1) is 15.5. The molecule has 6 heteroatoms. The lowest BCUT2D eigenvalue weighted by Crippen LogP contribution is -2.34. The third-order valence-electron chi connectivity index (χ3n) is 4.16. The molecule has 1 amide bonds. The van der Waals surface area contributed by atoms with Gasteiger partial charge in [0.15, 0.2) is 11.5 Å². The molecule has 0 aliphatic carbocycles. The lowest BCUT2D eigenvalue weighted by Gasteiger charge is -2.25. The topological polar surface area (TPSA) is 38.8 Å². The van der Waals surface area contributed by atoms with E-state index in [0.29, 0.717) is 36.3 Å². The predicted octanol–water partition coefficient (Wildman–Crippen LogP) is 3.77. The number of hydrogen-bond donors (Lipinski definition) is 0. The maximum atomic E-state index is 12.4. The highest BCUT2D eigenvalue weighted by Gasteiger charge is 2.20. The number of ether oxygens (including phenoxy) is 2. The third-order valence-corrected chi connectivity index (χ3v) is 5.46. The zero-order chi connectivity index (χ0) is 16.5. The fourth-order valence-electron chi connectivity index (χ4n) is 2.94. The van der Waals surface area contributed by atoms with Crippen LogP contribution < -0.4 is 9.47 Å². The van der Waals surface area contributed by atoms with Crippen LogP contribution in [0.2, 0.25) is 5.02 Å². The van der Waals surface area contributed by atoms with Gasteiger partial charge < -0.3 is 14.4 Å². The van der Waals surface area contributed by atoms with Crippen molar-refractivity contribution in [1.82, 2.24) is 4.90 Å². The molecule has 24 heavy (non-hydrogen) atoms. The van der Waals surface area contributed by atoms with Crippen LogP contribution in [0.15, 0.2) is 29.7 Å². The summed E-state index contributed by atoms with van der Waals surface area (Å²) in [6, 6.07) is 5.73. The molecule has 0 atom stereocenters. The number of rotatable bonds is 2. The van der Waals surface area contributed by atoms with Gasteiger partial charge in [-0.3, -0.25) is 4.79 Å². The van der Waals surface area contributed by atoms with Crippen molar-refractivity contribution in [2.24, 2.45) is 0 Å². The maximum absolute atomic E-state index is 12.4. The SMILES string of the molecule is O=C(/C=C/c1cc(Cl)c2c(c1)OCCO2)N1CCc2sccc2C1. The van der Waals surface area contributed by atoms with Crippen LogP contribution in [-0.2, 0) is 17.8 Å². The average Bonchev–Trinajstić information content (AvgIpc) is 3.07. The Kier molecular flexibility index (Phi) is 4.21.